The molecule has 9 heteroatoms. The van der Waals surface area contributed by atoms with Crippen LogP contribution >= 0.6 is 10.8 Å². The predicted molar refractivity (Wildman–Crippen MR) is 48.1 cm³/mol. The second kappa shape index (κ2) is 6.21. The Kier molecular flexibility index (Phi) is 6.38. The van der Waals surface area contributed by atoms with E-state index in [4.69, 9.17) is 0 Å². The van der Waals surface area contributed by atoms with Crippen LogP contribution in [0.2, 0.25) is 0 Å². The molecule has 1 fully saturated rings. The SMILES string of the molecule is O=C1CCC(=O)N1CCSS(=O)(=O)[O-].[Na+]. The van der Waals surface area contributed by atoms with Gasteiger partial charge in [-0.2, -0.15) is 0 Å². The molecule has 1 aliphatic rings. The standard InChI is InChI=1S/C6H9NO5S2.Na/c8-5-1-2-6(9)7(5)3-4-13-14(10,11)12;/h1-4H2,(H,10,11,12);/q;+1/p-1. The Bertz CT molecular complexity index is 339. The first-order valence-corrected chi connectivity index (χ1v) is 6.74. The van der Waals surface area contributed by atoms with Gasteiger partial charge in [0.25, 0.3) is 0 Å². The van der Waals surface area contributed by atoms with E-state index >= 15 is 0 Å². The van der Waals surface area contributed by atoms with Crippen LogP contribution in [-0.4, -0.2) is 42.0 Å². The number of amides is 2. The Labute approximate surface area is 113 Å². The van der Waals surface area contributed by atoms with E-state index in [0.717, 1.165) is 4.90 Å². The Hall–Kier alpha value is 0.400. The maximum absolute atomic E-state index is 11.0. The molecular weight excluding hydrogens is 253 g/mol. The molecule has 0 aromatic heterocycles. The zero-order valence-corrected chi connectivity index (χ0v) is 11.8. The first kappa shape index (κ1) is 15.4. The van der Waals surface area contributed by atoms with Crippen molar-refractivity contribution in [1.82, 2.24) is 4.90 Å². The van der Waals surface area contributed by atoms with Crippen molar-refractivity contribution in [3.8, 4) is 0 Å². The summed E-state index contributed by atoms with van der Waals surface area (Å²) in [7, 11) is -4.14. The van der Waals surface area contributed by atoms with E-state index in [1.165, 1.54) is 0 Å². The van der Waals surface area contributed by atoms with E-state index in [-0.39, 0.29) is 77.3 Å². The Morgan fingerprint density at radius 1 is 1.27 bits per heavy atom. The van der Waals surface area contributed by atoms with E-state index in [9.17, 15) is 22.6 Å². The zero-order valence-electron chi connectivity index (χ0n) is 8.13. The summed E-state index contributed by atoms with van der Waals surface area (Å²) in [4.78, 5) is 23.0. The molecule has 80 valence electrons. The van der Waals surface area contributed by atoms with E-state index in [2.05, 4.69) is 0 Å². The molecule has 0 saturated carbocycles. The molecule has 0 atom stereocenters. The third-order valence-corrected chi connectivity index (χ3v) is 3.70. The van der Waals surface area contributed by atoms with Crippen LogP contribution in [-0.2, 0) is 18.7 Å². The molecule has 1 aliphatic heterocycles. The van der Waals surface area contributed by atoms with Gasteiger partial charge in [0.1, 0.15) is 9.15 Å². The van der Waals surface area contributed by atoms with Gasteiger partial charge in [-0.05, 0) is 10.8 Å². The summed E-state index contributed by atoms with van der Waals surface area (Å²) in [6, 6.07) is 0. The number of carbonyl (C=O) groups excluding carboxylic acids is 2. The van der Waals surface area contributed by atoms with Crippen molar-refractivity contribution < 1.29 is 52.1 Å². The van der Waals surface area contributed by atoms with Crippen LogP contribution in [0.5, 0.6) is 0 Å². The second-order valence-electron chi connectivity index (χ2n) is 2.67. The van der Waals surface area contributed by atoms with Crippen LogP contribution in [0, 0.1) is 0 Å². The number of hydrogen-bond acceptors (Lipinski definition) is 6. The van der Waals surface area contributed by atoms with E-state index in [1.54, 1.807) is 0 Å². The smallest absolute Gasteiger partial charge is 0.739 e. The van der Waals surface area contributed by atoms with Gasteiger partial charge in [0, 0.05) is 25.1 Å². The van der Waals surface area contributed by atoms with Crippen molar-refractivity contribution in [1.29, 1.82) is 0 Å². The molecule has 6 nitrogen and oxygen atoms in total. The summed E-state index contributed by atoms with van der Waals surface area (Å²) in [5, 5.41) is 0. The van der Waals surface area contributed by atoms with Gasteiger partial charge in [0.15, 0.2) is 0 Å². The second-order valence-corrected chi connectivity index (χ2v) is 6.06. The topological polar surface area (TPSA) is 94.6 Å². The van der Waals surface area contributed by atoms with Crippen LogP contribution in [0.15, 0.2) is 0 Å². The van der Waals surface area contributed by atoms with Crippen molar-refractivity contribution in [2.24, 2.45) is 0 Å². The molecule has 0 unspecified atom stereocenters. The Morgan fingerprint density at radius 3 is 2.13 bits per heavy atom. The van der Waals surface area contributed by atoms with E-state index < -0.39 is 9.15 Å². The zero-order chi connectivity index (χ0) is 10.8. The van der Waals surface area contributed by atoms with Crippen molar-refractivity contribution in [2.45, 2.75) is 12.8 Å². The largest absolute Gasteiger partial charge is 1.00 e. The minimum absolute atomic E-state index is 0. The third-order valence-electron chi connectivity index (χ3n) is 1.70. The Balaban J connectivity index is 0.00000196. The van der Waals surface area contributed by atoms with Crippen LogP contribution in [0.25, 0.3) is 0 Å². The molecule has 1 heterocycles. The van der Waals surface area contributed by atoms with Gasteiger partial charge in [0.05, 0.1) is 0 Å². The fourth-order valence-corrected chi connectivity index (χ4v) is 2.40. The summed E-state index contributed by atoms with van der Waals surface area (Å²) in [5.74, 6) is -0.679. The fourth-order valence-electron chi connectivity index (χ4n) is 1.10. The molecule has 0 aliphatic carbocycles. The van der Waals surface area contributed by atoms with Gasteiger partial charge < -0.3 is 4.55 Å². The minimum Gasteiger partial charge on any atom is -0.739 e. The number of hydrogen-bond donors (Lipinski definition) is 0. The molecule has 0 N–H and O–H groups in total. The van der Waals surface area contributed by atoms with Gasteiger partial charge in [-0.3, -0.25) is 14.5 Å². The number of rotatable bonds is 4. The van der Waals surface area contributed by atoms with Crippen molar-refractivity contribution in [3.05, 3.63) is 0 Å². The van der Waals surface area contributed by atoms with Crippen molar-refractivity contribution in [3.63, 3.8) is 0 Å². The molecular formula is C6H8NNaO5S2. The van der Waals surface area contributed by atoms with Crippen LogP contribution in [0.1, 0.15) is 12.8 Å². The maximum Gasteiger partial charge on any atom is 1.00 e. The van der Waals surface area contributed by atoms with E-state index in [1.807, 2.05) is 0 Å². The van der Waals surface area contributed by atoms with Crippen LogP contribution in [0.3, 0.4) is 0 Å². The van der Waals surface area contributed by atoms with Gasteiger partial charge in [-0.1, -0.05) is 0 Å². The predicted octanol–water partition coefficient (Wildman–Crippen LogP) is -3.67. The molecule has 1 rings (SSSR count). The molecule has 1 saturated heterocycles. The molecule has 0 aromatic rings. The molecule has 2 amide bonds. The summed E-state index contributed by atoms with van der Waals surface area (Å²) < 4.78 is 30.6. The molecule has 0 radical (unpaired) electrons. The average Bonchev–Trinajstić information content (AvgIpc) is 2.33. The maximum atomic E-state index is 11.0. The molecule has 15 heavy (non-hydrogen) atoms. The van der Waals surface area contributed by atoms with Gasteiger partial charge in [-0.25, -0.2) is 8.42 Å². The van der Waals surface area contributed by atoms with Crippen LogP contribution < -0.4 is 29.6 Å². The quantitative estimate of drug-likeness (QED) is 0.224. The number of likely N-dealkylation sites (tertiary alicyclic amines) is 1. The van der Waals surface area contributed by atoms with Crippen molar-refractivity contribution >= 4 is 31.8 Å². The summed E-state index contributed by atoms with van der Waals surface area (Å²) in [5.41, 5.74) is 0. The Morgan fingerprint density at radius 2 is 1.73 bits per heavy atom. The summed E-state index contributed by atoms with van der Waals surface area (Å²) in [6.45, 7) is -0.0101. The van der Waals surface area contributed by atoms with Gasteiger partial charge >= 0.3 is 29.6 Å². The number of imide groups is 1. The van der Waals surface area contributed by atoms with E-state index in [0.29, 0.717) is 0 Å². The van der Waals surface area contributed by atoms with Crippen LogP contribution in [0.4, 0.5) is 0 Å². The number of carbonyl (C=O) groups is 2. The monoisotopic (exact) mass is 261 g/mol. The fraction of sp³-hybridized carbons (Fsp3) is 0.667. The molecule has 0 aromatic carbocycles. The minimum atomic E-state index is -4.33. The normalized spacial score (nSPS) is 16.7. The van der Waals surface area contributed by atoms with Gasteiger partial charge in [-0.15, -0.1) is 0 Å². The van der Waals surface area contributed by atoms with Crippen molar-refractivity contribution in [2.75, 3.05) is 12.3 Å². The first-order chi connectivity index (χ1) is 6.40. The average molecular weight is 261 g/mol. The molecule has 0 bridgehead atoms. The summed E-state index contributed by atoms with van der Waals surface area (Å²) >= 11 is 0. The van der Waals surface area contributed by atoms with Gasteiger partial charge in [0.2, 0.25) is 11.8 Å². The summed E-state index contributed by atoms with van der Waals surface area (Å²) in [6.07, 6.45) is 0.348. The third kappa shape index (κ3) is 5.32. The molecule has 0 spiro atoms. The number of nitrogens with zero attached hydrogens (tertiary/aromatic N) is 1. The first-order valence-electron chi connectivity index (χ1n) is 3.83.